The zero-order chi connectivity index (χ0) is 11.4. The van der Waals surface area contributed by atoms with Gasteiger partial charge < -0.3 is 23.3 Å². The summed E-state index contributed by atoms with van der Waals surface area (Å²) in [6.07, 6.45) is 0.608. The van der Waals surface area contributed by atoms with Crippen LogP contribution in [-0.4, -0.2) is 45.7 Å². The van der Waals surface area contributed by atoms with Crippen molar-refractivity contribution in [2.45, 2.75) is 12.2 Å². The van der Waals surface area contributed by atoms with Gasteiger partial charge in [0.15, 0.2) is 5.79 Å². The van der Waals surface area contributed by atoms with E-state index in [1.54, 1.807) is 0 Å². The molecule has 88 valence electrons. The summed E-state index contributed by atoms with van der Waals surface area (Å²) in [6.45, 7) is 0.753. The summed E-state index contributed by atoms with van der Waals surface area (Å²) in [6, 6.07) is 0. The van der Waals surface area contributed by atoms with Crippen LogP contribution in [0.25, 0.3) is 0 Å². The molecule has 6 nitrogen and oxygen atoms in total. The Kier molecular flexibility index (Phi) is 4.43. The standard InChI is InChI=1S/C8H15O6P/c1-11-15(10,12-2)7-8(3-4-9)13-5-6-14-8/h4H,3,5-7H2,1-2H3. The highest BCUT2D eigenvalue weighted by molar-refractivity contribution is 7.53. The molecule has 0 aliphatic carbocycles. The molecule has 0 aromatic rings. The van der Waals surface area contributed by atoms with Gasteiger partial charge in [0.05, 0.1) is 19.6 Å². The van der Waals surface area contributed by atoms with Crippen molar-refractivity contribution in [2.24, 2.45) is 0 Å². The molecule has 1 fully saturated rings. The second kappa shape index (κ2) is 5.18. The van der Waals surface area contributed by atoms with Crippen LogP contribution in [0, 0.1) is 0 Å². The van der Waals surface area contributed by atoms with Crippen molar-refractivity contribution in [1.82, 2.24) is 0 Å². The maximum Gasteiger partial charge on any atom is 0.335 e. The predicted molar refractivity (Wildman–Crippen MR) is 51.8 cm³/mol. The molecule has 0 N–H and O–H groups in total. The van der Waals surface area contributed by atoms with Crippen LogP contribution in [0.15, 0.2) is 0 Å². The smallest absolute Gasteiger partial charge is 0.335 e. The van der Waals surface area contributed by atoms with Crippen molar-refractivity contribution in [3.63, 3.8) is 0 Å². The fourth-order valence-electron chi connectivity index (χ4n) is 1.40. The number of aldehydes is 1. The molecule has 0 spiro atoms. The third-order valence-electron chi connectivity index (χ3n) is 2.20. The van der Waals surface area contributed by atoms with Crippen molar-refractivity contribution in [1.29, 1.82) is 0 Å². The number of hydrogen-bond acceptors (Lipinski definition) is 6. The van der Waals surface area contributed by atoms with Crippen molar-refractivity contribution in [3.05, 3.63) is 0 Å². The summed E-state index contributed by atoms with van der Waals surface area (Å²) in [5.41, 5.74) is 0. The summed E-state index contributed by atoms with van der Waals surface area (Å²) >= 11 is 0. The first-order chi connectivity index (χ1) is 7.10. The van der Waals surface area contributed by atoms with Crippen LogP contribution in [0.1, 0.15) is 6.42 Å². The fourth-order valence-corrected chi connectivity index (χ4v) is 2.71. The Bertz CT molecular complexity index is 252. The van der Waals surface area contributed by atoms with Gasteiger partial charge in [-0.05, 0) is 0 Å². The minimum atomic E-state index is -3.23. The van der Waals surface area contributed by atoms with Crippen molar-refractivity contribution in [3.8, 4) is 0 Å². The van der Waals surface area contributed by atoms with Crippen LogP contribution in [0.3, 0.4) is 0 Å². The van der Waals surface area contributed by atoms with Crippen LogP contribution in [0.2, 0.25) is 0 Å². The second-order valence-corrected chi connectivity index (χ2v) is 5.38. The Hall–Kier alpha value is -0.260. The average Bonchev–Trinajstić information content (AvgIpc) is 2.67. The molecule has 1 heterocycles. The van der Waals surface area contributed by atoms with Crippen LogP contribution in [-0.2, 0) is 27.9 Å². The van der Waals surface area contributed by atoms with E-state index in [0.717, 1.165) is 0 Å². The Morgan fingerprint density at radius 1 is 1.33 bits per heavy atom. The zero-order valence-corrected chi connectivity index (χ0v) is 9.70. The second-order valence-electron chi connectivity index (χ2n) is 3.11. The summed E-state index contributed by atoms with van der Waals surface area (Å²) in [5.74, 6) is -1.15. The molecule has 0 aromatic carbocycles. The van der Waals surface area contributed by atoms with E-state index < -0.39 is 13.4 Å². The van der Waals surface area contributed by atoms with E-state index in [-0.39, 0.29) is 12.6 Å². The SMILES string of the molecule is COP(=O)(CC1(CC=O)OCCO1)OC. The topological polar surface area (TPSA) is 71.1 Å². The van der Waals surface area contributed by atoms with Gasteiger partial charge in [0.25, 0.3) is 0 Å². The molecular formula is C8H15O6P. The molecule has 1 rings (SSSR count). The van der Waals surface area contributed by atoms with Crippen LogP contribution in [0.4, 0.5) is 0 Å². The molecule has 7 heteroatoms. The maximum absolute atomic E-state index is 11.9. The predicted octanol–water partition coefficient (Wildman–Crippen LogP) is 0.804. The van der Waals surface area contributed by atoms with E-state index in [9.17, 15) is 9.36 Å². The molecule has 1 saturated heterocycles. The number of carbonyl (C=O) groups excluding carboxylic acids is 1. The zero-order valence-electron chi connectivity index (χ0n) is 8.80. The fraction of sp³-hybridized carbons (Fsp3) is 0.875. The molecule has 0 bridgehead atoms. The Labute approximate surface area is 88.4 Å². The van der Waals surface area contributed by atoms with E-state index in [0.29, 0.717) is 19.5 Å². The van der Waals surface area contributed by atoms with Gasteiger partial charge in [-0.2, -0.15) is 0 Å². The average molecular weight is 238 g/mol. The van der Waals surface area contributed by atoms with Crippen LogP contribution in [0.5, 0.6) is 0 Å². The first kappa shape index (κ1) is 12.8. The van der Waals surface area contributed by atoms with E-state index in [4.69, 9.17) is 18.5 Å². The molecule has 0 unspecified atom stereocenters. The molecule has 0 atom stereocenters. The van der Waals surface area contributed by atoms with Gasteiger partial charge in [0, 0.05) is 14.2 Å². The van der Waals surface area contributed by atoms with E-state index >= 15 is 0 Å². The quantitative estimate of drug-likeness (QED) is 0.503. The van der Waals surface area contributed by atoms with Gasteiger partial charge in [0.1, 0.15) is 12.4 Å². The summed E-state index contributed by atoms with van der Waals surface area (Å²) in [5, 5.41) is 0. The lowest BCUT2D eigenvalue weighted by molar-refractivity contribution is -0.151. The molecule has 0 radical (unpaired) electrons. The maximum atomic E-state index is 11.9. The van der Waals surface area contributed by atoms with E-state index in [2.05, 4.69) is 0 Å². The number of rotatable bonds is 6. The van der Waals surface area contributed by atoms with Crippen molar-refractivity contribution in [2.75, 3.05) is 33.6 Å². The summed E-state index contributed by atoms with van der Waals surface area (Å²) in [4.78, 5) is 10.5. The van der Waals surface area contributed by atoms with Gasteiger partial charge in [0.2, 0.25) is 0 Å². The lowest BCUT2D eigenvalue weighted by Crippen LogP contribution is -2.35. The molecule has 0 aromatic heterocycles. The molecular weight excluding hydrogens is 223 g/mol. The third kappa shape index (κ3) is 3.09. The lowest BCUT2D eigenvalue weighted by atomic mass is 10.2. The Morgan fingerprint density at radius 2 is 1.87 bits per heavy atom. The molecule has 0 amide bonds. The van der Waals surface area contributed by atoms with Gasteiger partial charge >= 0.3 is 7.60 Å². The summed E-state index contributed by atoms with van der Waals surface area (Å²) in [7, 11) is -0.663. The van der Waals surface area contributed by atoms with Gasteiger partial charge in [-0.15, -0.1) is 0 Å². The number of carbonyl (C=O) groups is 1. The first-order valence-corrected chi connectivity index (χ1v) is 6.25. The number of hydrogen-bond donors (Lipinski definition) is 0. The lowest BCUT2D eigenvalue weighted by Gasteiger charge is -2.27. The minimum absolute atomic E-state index is 0.0176. The summed E-state index contributed by atoms with van der Waals surface area (Å²) < 4.78 is 32.0. The van der Waals surface area contributed by atoms with Gasteiger partial charge in [-0.25, -0.2) is 0 Å². The first-order valence-electron chi connectivity index (χ1n) is 4.52. The van der Waals surface area contributed by atoms with Crippen LogP contribution < -0.4 is 0 Å². The highest BCUT2D eigenvalue weighted by atomic mass is 31.2. The van der Waals surface area contributed by atoms with E-state index in [1.165, 1.54) is 14.2 Å². The molecule has 1 aliphatic rings. The van der Waals surface area contributed by atoms with Gasteiger partial charge in [-0.3, -0.25) is 4.57 Å². The Balaban J connectivity index is 2.73. The number of ether oxygens (including phenoxy) is 2. The minimum Gasteiger partial charge on any atom is -0.346 e. The molecule has 0 saturated carbocycles. The molecule has 15 heavy (non-hydrogen) atoms. The van der Waals surface area contributed by atoms with E-state index in [1.807, 2.05) is 0 Å². The van der Waals surface area contributed by atoms with Gasteiger partial charge in [-0.1, -0.05) is 0 Å². The monoisotopic (exact) mass is 238 g/mol. The van der Waals surface area contributed by atoms with Crippen molar-refractivity contribution >= 4 is 13.9 Å². The Morgan fingerprint density at radius 3 is 2.27 bits per heavy atom. The third-order valence-corrected chi connectivity index (χ3v) is 4.18. The van der Waals surface area contributed by atoms with Crippen LogP contribution >= 0.6 is 7.60 Å². The largest absolute Gasteiger partial charge is 0.346 e. The highest BCUT2D eigenvalue weighted by Gasteiger charge is 2.44. The highest BCUT2D eigenvalue weighted by Crippen LogP contribution is 2.51. The molecule has 1 aliphatic heterocycles. The van der Waals surface area contributed by atoms with Crippen molar-refractivity contribution < 1.29 is 27.9 Å². The normalized spacial score (nSPS) is 20.4.